The second-order valence-corrected chi connectivity index (χ2v) is 33.4. The zero-order chi connectivity index (χ0) is 76.9. The van der Waals surface area contributed by atoms with Crippen LogP contribution in [0.5, 0.6) is 0 Å². The number of aliphatic hydroxyl groups is 1. The van der Waals surface area contributed by atoms with Crippen molar-refractivity contribution in [2.45, 2.75) is 457 Å². The zero-order valence-electron chi connectivity index (χ0n) is 68.4. The summed E-state index contributed by atoms with van der Waals surface area (Å²) in [5.41, 5.74) is 0. The van der Waals surface area contributed by atoms with Crippen molar-refractivity contribution in [3.63, 3.8) is 0 Å². The van der Waals surface area contributed by atoms with Crippen LogP contribution in [0.4, 0.5) is 0 Å². The summed E-state index contributed by atoms with van der Waals surface area (Å²) in [6, 6.07) is 0. The lowest BCUT2D eigenvalue weighted by molar-refractivity contribution is -0.161. The fourth-order valence-corrected chi connectivity index (χ4v) is 14.5. The second kappa shape index (κ2) is 78.2. The molecule has 0 rings (SSSR count). The van der Waals surface area contributed by atoms with E-state index in [-0.39, 0.29) is 25.7 Å². The predicted molar refractivity (Wildman–Crippen MR) is 432 cm³/mol. The minimum Gasteiger partial charge on any atom is -0.462 e. The van der Waals surface area contributed by atoms with Crippen molar-refractivity contribution in [3.8, 4) is 0 Å². The third-order valence-electron chi connectivity index (χ3n) is 20.0. The van der Waals surface area contributed by atoms with Crippen LogP contribution in [0.15, 0.2) is 24.3 Å². The second-order valence-electron chi connectivity index (χ2n) is 30.5. The Balaban J connectivity index is 5.29. The monoisotopic (exact) mass is 1530 g/mol. The van der Waals surface area contributed by atoms with Crippen LogP contribution >= 0.6 is 15.6 Å². The molecule has 105 heavy (non-hydrogen) atoms. The summed E-state index contributed by atoms with van der Waals surface area (Å²) < 4.78 is 68.9. The molecule has 0 heterocycles. The average molecular weight is 1530 g/mol. The highest BCUT2D eigenvalue weighted by Gasteiger charge is 2.30. The van der Waals surface area contributed by atoms with Gasteiger partial charge in [-0.05, 0) is 57.3 Å². The maximum Gasteiger partial charge on any atom is 0.472 e. The maximum absolute atomic E-state index is 13.1. The molecule has 0 aliphatic rings. The van der Waals surface area contributed by atoms with Gasteiger partial charge in [0.1, 0.15) is 19.3 Å². The summed E-state index contributed by atoms with van der Waals surface area (Å²) in [5, 5.41) is 10.7. The minimum atomic E-state index is -4.97. The van der Waals surface area contributed by atoms with Gasteiger partial charge < -0.3 is 33.8 Å². The normalized spacial score (nSPS) is 14.2. The molecule has 0 aromatic rings. The zero-order valence-corrected chi connectivity index (χ0v) is 70.1. The van der Waals surface area contributed by atoms with Gasteiger partial charge in [0.2, 0.25) is 0 Å². The van der Waals surface area contributed by atoms with Crippen LogP contribution in [0, 0.1) is 5.92 Å². The third-order valence-corrected chi connectivity index (χ3v) is 21.9. The molecule has 0 saturated heterocycles. The molecule has 0 spiro atoms. The molecule has 620 valence electrons. The van der Waals surface area contributed by atoms with Gasteiger partial charge in [-0.3, -0.25) is 37.3 Å². The molecular weight excluding hydrogens is 1370 g/mol. The molecular formula is C86H164O17P2. The number of phosphoric acid groups is 2. The van der Waals surface area contributed by atoms with Crippen molar-refractivity contribution < 1.29 is 80.2 Å². The Kier molecular flexibility index (Phi) is 76.4. The number of hydrogen-bond acceptors (Lipinski definition) is 15. The summed E-state index contributed by atoms with van der Waals surface area (Å²) in [4.78, 5) is 73.2. The van der Waals surface area contributed by atoms with Crippen molar-refractivity contribution in [1.29, 1.82) is 0 Å². The Hall–Kier alpha value is -2.46. The average Bonchev–Trinajstić information content (AvgIpc) is 0.908. The minimum absolute atomic E-state index is 0.0859. The highest BCUT2D eigenvalue weighted by Crippen LogP contribution is 2.45. The number of allylic oxidation sites excluding steroid dienone is 4. The van der Waals surface area contributed by atoms with E-state index in [1.54, 1.807) is 0 Å². The number of phosphoric ester groups is 2. The Morgan fingerprint density at radius 3 is 0.810 bits per heavy atom. The van der Waals surface area contributed by atoms with Crippen molar-refractivity contribution in [1.82, 2.24) is 0 Å². The highest BCUT2D eigenvalue weighted by molar-refractivity contribution is 7.47. The first-order valence-corrected chi connectivity index (χ1v) is 47.0. The molecule has 0 aromatic carbocycles. The lowest BCUT2D eigenvalue weighted by Crippen LogP contribution is -2.30. The molecule has 0 bridgehead atoms. The molecule has 3 unspecified atom stereocenters. The number of aliphatic hydroxyl groups excluding tert-OH is 1. The molecule has 0 radical (unpaired) electrons. The smallest absolute Gasteiger partial charge is 0.462 e. The third kappa shape index (κ3) is 78.0. The first-order valence-electron chi connectivity index (χ1n) is 44.0. The number of hydrogen-bond donors (Lipinski definition) is 3. The molecule has 3 N–H and O–H groups in total. The van der Waals surface area contributed by atoms with Crippen LogP contribution in [0.3, 0.4) is 0 Å². The van der Waals surface area contributed by atoms with Crippen molar-refractivity contribution in [2.75, 3.05) is 39.6 Å². The molecule has 0 aromatic heterocycles. The topological polar surface area (TPSA) is 237 Å². The summed E-state index contributed by atoms with van der Waals surface area (Å²) in [6.07, 6.45) is 74.2. The number of ether oxygens (including phenoxy) is 4. The van der Waals surface area contributed by atoms with E-state index in [0.717, 1.165) is 109 Å². The lowest BCUT2D eigenvalue weighted by Gasteiger charge is -2.21. The van der Waals surface area contributed by atoms with E-state index >= 15 is 0 Å². The molecule has 0 fully saturated rings. The molecule has 6 atom stereocenters. The fraction of sp³-hybridized carbons (Fsp3) is 0.907. The van der Waals surface area contributed by atoms with Crippen molar-refractivity contribution >= 4 is 39.5 Å². The van der Waals surface area contributed by atoms with E-state index in [0.29, 0.717) is 25.7 Å². The number of carbonyl (C=O) groups excluding carboxylic acids is 4. The van der Waals surface area contributed by atoms with Crippen molar-refractivity contribution in [2.24, 2.45) is 5.92 Å². The summed E-state index contributed by atoms with van der Waals surface area (Å²) >= 11 is 0. The Labute approximate surface area is 643 Å². The van der Waals surface area contributed by atoms with E-state index in [1.807, 2.05) is 0 Å². The van der Waals surface area contributed by atoms with Gasteiger partial charge in [0, 0.05) is 25.7 Å². The quantitative estimate of drug-likeness (QED) is 0.0169. The Bertz CT molecular complexity index is 2090. The number of carbonyl (C=O) groups is 4. The van der Waals surface area contributed by atoms with Crippen LogP contribution in [0.2, 0.25) is 0 Å². The molecule has 0 aliphatic carbocycles. The van der Waals surface area contributed by atoms with Crippen LogP contribution in [-0.2, 0) is 65.4 Å². The number of unbranched alkanes of at least 4 members (excludes halogenated alkanes) is 52. The summed E-state index contributed by atoms with van der Waals surface area (Å²) in [5.74, 6) is -1.28. The van der Waals surface area contributed by atoms with E-state index in [9.17, 15) is 43.2 Å². The van der Waals surface area contributed by atoms with E-state index in [4.69, 9.17) is 37.0 Å². The Morgan fingerprint density at radius 1 is 0.305 bits per heavy atom. The largest absolute Gasteiger partial charge is 0.472 e. The number of rotatable bonds is 84. The van der Waals surface area contributed by atoms with Gasteiger partial charge in [-0.1, -0.05) is 386 Å². The molecule has 0 amide bonds. The van der Waals surface area contributed by atoms with Gasteiger partial charge in [-0.2, -0.15) is 0 Å². The first-order chi connectivity index (χ1) is 51.1. The predicted octanol–water partition coefficient (Wildman–Crippen LogP) is 25.9. The van der Waals surface area contributed by atoms with Crippen LogP contribution in [0.25, 0.3) is 0 Å². The highest BCUT2D eigenvalue weighted by atomic mass is 31.2. The van der Waals surface area contributed by atoms with Crippen LogP contribution in [-0.4, -0.2) is 96.7 Å². The molecule has 0 aliphatic heterocycles. The molecule has 0 saturated carbocycles. The SMILES string of the molecule is CCCCCC/C=C\C=C/CCCCCCCC(=O)O[C@H](COC(=O)CCCCCCCCCCCCCCC)COP(=O)(O)OC[C@H](O)COP(=O)(O)OC[C@@H](COC(=O)CCCCCCCCCCCCCCCCC(C)CC)OC(=O)CCCCCCCCCCCCCCCCCCCCC. The molecule has 17 nitrogen and oxygen atoms in total. The maximum atomic E-state index is 13.1. The first kappa shape index (κ1) is 103. The number of esters is 4. The van der Waals surface area contributed by atoms with Gasteiger partial charge in [0.15, 0.2) is 12.2 Å². The standard InChI is InChI=1S/C86H164O17P2/c1-6-10-13-16-19-22-25-28-30-31-32-33-35-42-47-52-57-62-67-72-86(91)103-82(76-97-84(89)70-65-60-55-50-45-40-37-36-39-43-48-53-58-63-68-79(5)9-4)78-101-105(94,95)99-74-80(87)73-98-104(92,93)100-77-81(75-96-83(88)69-64-59-54-49-44-38-27-24-21-18-15-12-8-3)102-85(90)71-66-61-56-51-46-41-34-29-26-23-20-17-14-11-7-2/h23,26,29,34,79-82,87H,6-22,24-25,27-28,30-33,35-78H2,1-5H3,(H,92,93)(H,94,95)/b26-23-,34-29-/t79?,80-,81+,82+/m0/s1. The van der Waals surface area contributed by atoms with E-state index in [1.165, 1.54) is 250 Å². The summed E-state index contributed by atoms with van der Waals surface area (Å²) in [6.45, 7) is 7.36. The van der Waals surface area contributed by atoms with Gasteiger partial charge in [0.25, 0.3) is 0 Å². The summed E-state index contributed by atoms with van der Waals surface area (Å²) in [7, 11) is -9.94. The van der Waals surface area contributed by atoms with E-state index in [2.05, 4.69) is 58.9 Å². The molecule has 19 heteroatoms. The van der Waals surface area contributed by atoms with Gasteiger partial charge in [0.05, 0.1) is 26.4 Å². The van der Waals surface area contributed by atoms with Crippen LogP contribution in [0.1, 0.15) is 439 Å². The van der Waals surface area contributed by atoms with Gasteiger partial charge in [-0.15, -0.1) is 0 Å². The van der Waals surface area contributed by atoms with E-state index < -0.39 is 97.5 Å². The lowest BCUT2D eigenvalue weighted by atomic mass is 9.99. The van der Waals surface area contributed by atoms with Crippen LogP contribution < -0.4 is 0 Å². The van der Waals surface area contributed by atoms with Crippen molar-refractivity contribution in [3.05, 3.63) is 24.3 Å². The fourth-order valence-electron chi connectivity index (χ4n) is 12.9. The Morgan fingerprint density at radius 2 is 0.533 bits per heavy atom. The van der Waals surface area contributed by atoms with Gasteiger partial charge in [-0.25, -0.2) is 9.13 Å². The van der Waals surface area contributed by atoms with Gasteiger partial charge >= 0.3 is 39.5 Å².